The summed E-state index contributed by atoms with van der Waals surface area (Å²) < 4.78 is 0. The zero-order valence-corrected chi connectivity index (χ0v) is 15.6. The first kappa shape index (κ1) is 16.5. The van der Waals surface area contributed by atoms with Crippen molar-refractivity contribution in [1.82, 2.24) is 4.98 Å². The van der Waals surface area contributed by atoms with Gasteiger partial charge in [-0.1, -0.05) is 51.1 Å². The molecule has 2 fully saturated rings. The third kappa shape index (κ3) is 2.08. The number of hydrogen-bond acceptors (Lipinski definition) is 4. The summed E-state index contributed by atoms with van der Waals surface area (Å²) >= 11 is 1.43. The quantitative estimate of drug-likeness (QED) is 0.881. The van der Waals surface area contributed by atoms with Crippen LogP contribution >= 0.6 is 11.3 Å². The largest absolute Gasteiger partial charge is 0.301 e. The van der Waals surface area contributed by atoms with Gasteiger partial charge >= 0.3 is 0 Å². The van der Waals surface area contributed by atoms with Crippen molar-refractivity contribution in [2.24, 2.45) is 16.2 Å². The number of fused-ring (bicyclic) bond motifs is 2. The SMILES string of the molecule is CC1(C)[C@@]2(C(=O)Nc3nc(-c4ccccc4)cs3)CC[C@@]1(C)C(=O)C2. The van der Waals surface area contributed by atoms with Crippen molar-refractivity contribution in [3.05, 3.63) is 35.7 Å². The summed E-state index contributed by atoms with van der Waals surface area (Å²) in [6, 6.07) is 9.91. The van der Waals surface area contributed by atoms with E-state index in [-0.39, 0.29) is 22.5 Å². The molecule has 2 aromatic rings. The number of nitrogens with one attached hydrogen (secondary N) is 1. The molecule has 2 bridgehead atoms. The molecular weight excluding hydrogens is 332 g/mol. The maximum absolute atomic E-state index is 13.1. The Labute approximate surface area is 151 Å². The lowest BCUT2D eigenvalue weighted by atomic mass is 9.64. The molecule has 2 aliphatic rings. The number of anilines is 1. The van der Waals surface area contributed by atoms with Gasteiger partial charge in [0.15, 0.2) is 5.13 Å². The Morgan fingerprint density at radius 1 is 1.16 bits per heavy atom. The fraction of sp³-hybridized carbons (Fsp3) is 0.450. The van der Waals surface area contributed by atoms with E-state index in [9.17, 15) is 9.59 Å². The lowest BCUT2D eigenvalue weighted by molar-refractivity contribution is -0.131. The molecule has 2 saturated carbocycles. The summed E-state index contributed by atoms with van der Waals surface area (Å²) in [7, 11) is 0. The zero-order chi connectivity index (χ0) is 17.9. The molecule has 2 atom stereocenters. The number of amides is 1. The van der Waals surface area contributed by atoms with Crippen molar-refractivity contribution < 1.29 is 9.59 Å². The molecule has 0 radical (unpaired) electrons. The number of carbonyl (C=O) groups excluding carboxylic acids is 2. The van der Waals surface area contributed by atoms with Crippen molar-refractivity contribution >= 4 is 28.2 Å². The standard InChI is InChI=1S/C20H22N2O2S/c1-18(2)19(3)9-10-20(18,11-15(19)23)16(24)22-17-21-14(12-25-17)13-7-5-4-6-8-13/h4-8,12H,9-11H2,1-3H3,(H,21,22,24)/t19-,20-/m0/s1. The van der Waals surface area contributed by atoms with Crippen LogP contribution in [0, 0.1) is 16.2 Å². The molecule has 2 aliphatic carbocycles. The highest BCUT2D eigenvalue weighted by molar-refractivity contribution is 7.14. The first-order valence-corrected chi connectivity index (χ1v) is 9.54. The molecule has 25 heavy (non-hydrogen) atoms. The molecule has 1 amide bonds. The topological polar surface area (TPSA) is 59.1 Å². The number of Topliss-reactive ketones (excluding diaryl/α,β-unsaturated/α-hetero) is 1. The van der Waals surface area contributed by atoms with E-state index in [2.05, 4.69) is 24.1 Å². The Bertz CT molecular complexity index is 858. The van der Waals surface area contributed by atoms with Crippen molar-refractivity contribution in [3.63, 3.8) is 0 Å². The Kier molecular flexibility index (Phi) is 3.45. The van der Waals surface area contributed by atoms with E-state index in [0.29, 0.717) is 11.6 Å². The second kappa shape index (κ2) is 5.24. The van der Waals surface area contributed by atoms with Gasteiger partial charge in [-0.3, -0.25) is 9.59 Å². The average molecular weight is 354 g/mol. The van der Waals surface area contributed by atoms with E-state index in [1.54, 1.807) is 0 Å². The third-order valence-corrected chi connectivity index (χ3v) is 7.69. The number of ketones is 1. The van der Waals surface area contributed by atoms with E-state index in [1.165, 1.54) is 11.3 Å². The van der Waals surface area contributed by atoms with Gasteiger partial charge in [-0.05, 0) is 18.3 Å². The van der Waals surface area contributed by atoms with Crippen LogP contribution in [0.3, 0.4) is 0 Å². The molecule has 1 N–H and O–H groups in total. The Morgan fingerprint density at radius 3 is 2.48 bits per heavy atom. The molecule has 5 heteroatoms. The molecule has 0 aliphatic heterocycles. The van der Waals surface area contributed by atoms with E-state index in [4.69, 9.17) is 0 Å². The van der Waals surface area contributed by atoms with E-state index >= 15 is 0 Å². The summed E-state index contributed by atoms with van der Waals surface area (Å²) in [5, 5.41) is 5.55. The first-order valence-electron chi connectivity index (χ1n) is 8.66. The van der Waals surface area contributed by atoms with Crippen molar-refractivity contribution in [3.8, 4) is 11.3 Å². The van der Waals surface area contributed by atoms with Crippen LogP contribution in [0.4, 0.5) is 5.13 Å². The van der Waals surface area contributed by atoms with Crippen molar-refractivity contribution in [2.45, 2.75) is 40.0 Å². The second-order valence-electron chi connectivity index (χ2n) is 8.00. The van der Waals surface area contributed by atoms with Crippen LogP contribution in [0.15, 0.2) is 35.7 Å². The van der Waals surface area contributed by atoms with Gasteiger partial charge < -0.3 is 5.32 Å². The van der Waals surface area contributed by atoms with E-state index in [0.717, 1.165) is 24.1 Å². The highest BCUT2D eigenvalue weighted by Crippen LogP contribution is 2.70. The van der Waals surface area contributed by atoms with Gasteiger partial charge in [0.1, 0.15) is 5.78 Å². The average Bonchev–Trinajstić information content (AvgIpc) is 3.17. The maximum Gasteiger partial charge on any atom is 0.233 e. The predicted molar refractivity (Wildman–Crippen MR) is 99.4 cm³/mol. The molecule has 1 aromatic carbocycles. The predicted octanol–water partition coefficient (Wildman–Crippen LogP) is 4.53. The lowest BCUT2D eigenvalue weighted by Crippen LogP contribution is -2.43. The monoisotopic (exact) mass is 354 g/mol. The fourth-order valence-electron chi connectivity index (χ4n) is 4.65. The van der Waals surface area contributed by atoms with Crippen LogP contribution in [0.1, 0.15) is 40.0 Å². The number of aromatic nitrogens is 1. The van der Waals surface area contributed by atoms with Crippen LogP contribution in [-0.2, 0) is 9.59 Å². The highest BCUT2D eigenvalue weighted by Gasteiger charge is 2.72. The van der Waals surface area contributed by atoms with Crippen molar-refractivity contribution in [2.75, 3.05) is 5.32 Å². The van der Waals surface area contributed by atoms with Crippen molar-refractivity contribution in [1.29, 1.82) is 0 Å². The summed E-state index contributed by atoms with van der Waals surface area (Å²) in [4.78, 5) is 30.2. The van der Waals surface area contributed by atoms with Gasteiger partial charge in [-0.2, -0.15) is 0 Å². The molecular formula is C20H22N2O2S. The van der Waals surface area contributed by atoms with Crippen LogP contribution in [0.2, 0.25) is 0 Å². The molecule has 0 unspecified atom stereocenters. The molecule has 130 valence electrons. The summed E-state index contributed by atoms with van der Waals surface area (Å²) in [5.74, 6) is 0.170. The molecule has 0 spiro atoms. The number of carbonyl (C=O) groups is 2. The number of thiazole rings is 1. The molecule has 4 rings (SSSR count). The molecule has 4 nitrogen and oxygen atoms in total. The smallest absolute Gasteiger partial charge is 0.233 e. The molecule has 1 heterocycles. The first-order chi connectivity index (χ1) is 11.8. The number of rotatable bonds is 3. The van der Waals surface area contributed by atoms with Crippen LogP contribution in [0.25, 0.3) is 11.3 Å². The molecule has 0 saturated heterocycles. The van der Waals surface area contributed by atoms with Gasteiger partial charge in [0, 0.05) is 22.8 Å². The highest BCUT2D eigenvalue weighted by atomic mass is 32.1. The Balaban J connectivity index is 1.60. The van der Waals surface area contributed by atoms with Gasteiger partial charge in [0.2, 0.25) is 5.91 Å². The summed E-state index contributed by atoms with van der Waals surface area (Å²) in [5.41, 5.74) is 0.555. The van der Waals surface area contributed by atoms with Crippen LogP contribution < -0.4 is 5.32 Å². The lowest BCUT2D eigenvalue weighted by Gasteiger charge is -2.38. The van der Waals surface area contributed by atoms with Crippen LogP contribution in [-0.4, -0.2) is 16.7 Å². The third-order valence-electron chi connectivity index (χ3n) is 6.93. The summed E-state index contributed by atoms with van der Waals surface area (Å²) in [6.07, 6.45) is 1.91. The van der Waals surface area contributed by atoms with Gasteiger partial charge in [0.05, 0.1) is 11.1 Å². The molecule has 1 aromatic heterocycles. The fourth-order valence-corrected chi connectivity index (χ4v) is 5.36. The minimum absolute atomic E-state index is 0.0546. The van der Waals surface area contributed by atoms with Gasteiger partial charge in [-0.25, -0.2) is 4.98 Å². The minimum Gasteiger partial charge on any atom is -0.301 e. The minimum atomic E-state index is -0.614. The number of nitrogens with zero attached hydrogens (tertiary/aromatic N) is 1. The Morgan fingerprint density at radius 2 is 1.88 bits per heavy atom. The zero-order valence-electron chi connectivity index (χ0n) is 14.8. The van der Waals surface area contributed by atoms with Crippen LogP contribution in [0.5, 0.6) is 0 Å². The van der Waals surface area contributed by atoms with E-state index in [1.807, 2.05) is 42.6 Å². The van der Waals surface area contributed by atoms with Gasteiger partial charge in [-0.15, -0.1) is 11.3 Å². The normalized spacial score (nSPS) is 29.8. The number of benzene rings is 1. The number of hydrogen-bond donors (Lipinski definition) is 1. The maximum atomic E-state index is 13.1. The van der Waals surface area contributed by atoms with E-state index < -0.39 is 5.41 Å². The van der Waals surface area contributed by atoms with Gasteiger partial charge in [0.25, 0.3) is 0 Å². The second-order valence-corrected chi connectivity index (χ2v) is 8.86. The summed E-state index contributed by atoms with van der Waals surface area (Å²) in [6.45, 7) is 6.16. The Hall–Kier alpha value is -2.01.